The van der Waals surface area contributed by atoms with Crippen LogP contribution in [0.15, 0.2) is 29.2 Å². The summed E-state index contributed by atoms with van der Waals surface area (Å²) in [7, 11) is 0. The molecular formula is C15H21ClN2OS. The van der Waals surface area contributed by atoms with Crippen molar-refractivity contribution >= 4 is 30.1 Å². The van der Waals surface area contributed by atoms with Gasteiger partial charge in [-0.25, -0.2) is 0 Å². The SMILES string of the molecule is Cl.O=C(CC1CCCN1)NC1CCSc2ccccc21. The van der Waals surface area contributed by atoms with Gasteiger partial charge in [-0.3, -0.25) is 4.79 Å². The molecule has 2 atom stereocenters. The number of carbonyl (C=O) groups excluding carboxylic acids is 1. The van der Waals surface area contributed by atoms with Crippen molar-refractivity contribution in [1.29, 1.82) is 0 Å². The van der Waals surface area contributed by atoms with Crippen molar-refractivity contribution in [2.45, 2.75) is 42.7 Å². The third-order valence-corrected chi connectivity index (χ3v) is 5.01. The molecule has 1 aromatic carbocycles. The highest BCUT2D eigenvalue weighted by Gasteiger charge is 2.24. The van der Waals surface area contributed by atoms with Crippen molar-refractivity contribution < 1.29 is 4.79 Å². The van der Waals surface area contributed by atoms with E-state index < -0.39 is 0 Å². The number of carbonyl (C=O) groups is 1. The van der Waals surface area contributed by atoms with E-state index in [-0.39, 0.29) is 24.4 Å². The zero-order valence-corrected chi connectivity index (χ0v) is 13.1. The Bertz CT molecular complexity index is 463. The van der Waals surface area contributed by atoms with Crippen LogP contribution in [0.3, 0.4) is 0 Å². The van der Waals surface area contributed by atoms with Gasteiger partial charge in [-0.1, -0.05) is 18.2 Å². The molecule has 1 saturated heterocycles. The van der Waals surface area contributed by atoms with Gasteiger partial charge in [-0.05, 0) is 37.4 Å². The highest BCUT2D eigenvalue weighted by molar-refractivity contribution is 7.99. The van der Waals surface area contributed by atoms with Crippen LogP contribution in [-0.2, 0) is 4.79 Å². The van der Waals surface area contributed by atoms with Crippen LogP contribution in [0.25, 0.3) is 0 Å². The van der Waals surface area contributed by atoms with E-state index in [1.807, 2.05) is 11.8 Å². The summed E-state index contributed by atoms with van der Waals surface area (Å²) in [5.74, 6) is 1.27. The van der Waals surface area contributed by atoms with Gasteiger partial charge < -0.3 is 10.6 Å². The van der Waals surface area contributed by atoms with E-state index in [0.717, 1.165) is 25.1 Å². The summed E-state index contributed by atoms with van der Waals surface area (Å²) in [6.45, 7) is 1.06. The van der Waals surface area contributed by atoms with Gasteiger partial charge >= 0.3 is 0 Å². The Hall–Kier alpha value is -0.710. The molecule has 2 N–H and O–H groups in total. The summed E-state index contributed by atoms with van der Waals surface area (Å²) < 4.78 is 0. The number of halogens is 1. The van der Waals surface area contributed by atoms with Crippen LogP contribution in [0.1, 0.15) is 37.3 Å². The molecule has 0 bridgehead atoms. The van der Waals surface area contributed by atoms with Gasteiger partial charge in [0.2, 0.25) is 5.91 Å². The summed E-state index contributed by atoms with van der Waals surface area (Å²) in [6, 6.07) is 9.00. The number of nitrogens with one attached hydrogen (secondary N) is 2. The minimum absolute atomic E-state index is 0. The van der Waals surface area contributed by atoms with Gasteiger partial charge in [0, 0.05) is 23.1 Å². The van der Waals surface area contributed by atoms with Crippen molar-refractivity contribution in [2.24, 2.45) is 0 Å². The number of fused-ring (bicyclic) bond motifs is 1. The smallest absolute Gasteiger partial charge is 0.222 e. The van der Waals surface area contributed by atoms with Gasteiger partial charge in [0.25, 0.3) is 0 Å². The Kier molecular flexibility index (Phi) is 5.75. The van der Waals surface area contributed by atoms with Crippen LogP contribution >= 0.6 is 24.2 Å². The lowest BCUT2D eigenvalue weighted by Gasteiger charge is -2.26. The summed E-state index contributed by atoms with van der Waals surface area (Å²) in [6.07, 6.45) is 3.97. The van der Waals surface area contributed by atoms with Crippen molar-refractivity contribution in [3.8, 4) is 0 Å². The summed E-state index contributed by atoms with van der Waals surface area (Å²) in [5.41, 5.74) is 1.28. The molecule has 2 aliphatic heterocycles. The zero-order chi connectivity index (χ0) is 13.1. The molecule has 0 spiro atoms. The molecule has 5 heteroatoms. The van der Waals surface area contributed by atoms with Crippen molar-refractivity contribution in [1.82, 2.24) is 10.6 Å². The molecule has 0 aliphatic carbocycles. The average Bonchev–Trinajstić information content (AvgIpc) is 2.92. The van der Waals surface area contributed by atoms with Gasteiger partial charge in [0.05, 0.1) is 6.04 Å². The Morgan fingerprint density at radius 1 is 1.35 bits per heavy atom. The lowest BCUT2D eigenvalue weighted by atomic mass is 10.0. The standard InChI is InChI=1S/C15H20N2OS.ClH/c18-15(10-11-4-3-8-16-11)17-13-7-9-19-14-6-2-1-5-12(13)14;/h1-2,5-6,11,13,16H,3-4,7-10H2,(H,17,18);1H. The van der Waals surface area contributed by atoms with E-state index in [2.05, 4.69) is 34.9 Å². The first-order chi connectivity index (χ1) is 9.33. The van der Waals surface area contributed by atoms with Crippen molar-refractivity contribution in [3.05, 3.63) is 29.8 Å². The van der Waals surface area contributed by atoms with Gasteiger partial charge in [0.1, 0.15) is 0 Å². The Morgan fingerprint density at radius 2 is 2.20 bits per heavy atom. The molecule has 0 saturated carbocycles. The molecule has 20 heavy (non-hydrogen) atoms. The molecule has 2 heterocycles. The van der Waals surface area contributed by atoms with Crippen molar-refractivity contribution in [2.75, 3.05) is 12.3 Å². The maximum atomic E-state index is 12.1. The maximum absolute atomic E-state index is 12.1. The van der Waals surface area contributed by atoms with Crippen LogP contribution in [0.4, 0.5) is 0 Å². The van der Waals surface area contributed by atoms with Crippen LogP contribution in [0, 0.1) is 0 Å². The van der Waals surface area contributed by atoms with E-state index in [9.17, 15) is 4.79 Å². The molecule has 2 unspecified atom stereocenters. The Labute approximate surface area is 130 Å². The summed E-state index contributed by atoms with van der Waals surface area (Å²) >= 11 is 1.89. The van der Waals surface area contributed by atoms with E-state index in [0.29, 0.717) is 12.5 Å². The molecule has 110 valence electrons. The normalized spacial score (nSPS) is 24.6. The second-order valence-electron chi connectivity index (χ2n) is 5.29. The third kappa shape index (κ3) is 3.68. The molecule has 0 aromatic heterocycles. The zero-order valence-electron chi connectivity index (χ0n) is 11.4. The number of hydrogen-bond donors (Lipinski definition) is 2. The fourth-order valence-electron chi connectivity index (χ4n) is 2.90. The predicted molar refractivity (Wildman–Crippen MR) is 85.6 cm³/mol. The molecule has 2 aliphatic rings. The van der Waals surface area contributed by atoms with Crippen molar-refractivity contribution in [3.63, 3.8) is 0 Å². The number of rotatable bonds is 3. The third-order valence-electron chi connectivity index (χ3n) is 3.89. The lowest BCUT2D eigenvalue weighted by molar-refractivity contribution is -0.122. The van der Waals surface area contributed by atoms with Crippen LogP contribution in [0.2, 0.25) is 0 Å². The highest BCUT2D eigenvalue weighted by Crippen LogP contribution is 2.35. The highest BCUT2D eigenvalue weighted by atomic mass is 35.5. The predicted octanol–water partition coefficient (Wildman–Crippen LogP) is 2.90. The first-order valence-corrected chi connectivity index (χ1v) is 8.06. The molecule has 1 amide bonds. The quantitative estimate of drug-likeness (QED) is 0.901. The molecule has 0 radical (unpaired) electrons. The molecule has 1 aromatic rings. The van der Waals surface area contributed by atoms with Crippen LogP contribution in [-0.4, -0.2) is 24.2 Å². The molecule has 1 fully saturated rings. The minimum atomic E-state index is 0. The summed E-state index contributed by atoms with van der Waals surface area (Å²) in [4.78, 5) is 13.4. The van der Waals surface area contributed by atoms with Gasteiger partial charge in [0.15, 0.2) is 0 Å². The van der Waals surface area contributed by atoms with Crippen LogP contribution in [0.5, 0.6) is 0 Å². The Morgan fingerprint density at radius 3 is 3.00 bits per heavy atom. The fourth-order valence-corrected chi connectivity index (χ4v) is 4.03. The largest absolute Gasteiger partial charge is 0.349 e. The van der Waals surface area contributed by atoms with E-state index in [1.54, 1.807) is 0 Å². The maximum Gasteiger partial charge on any atom is 0.222 e. The molecule has 3 nitrogen and oxygen atoms in total. The first-order valence-electron chi connectivity index (χ1n) is 7.07. The van der Waals surface area contributed by atoms with E-state index in [4.69, 9.17) is 0 Å². The molecular weight excluding hydrogens is 292 g/mol. The van der Waals surface area contributed by atoms with E-state index >= 15 is 0 Å². The number of amides is 1. The van der Waals surface area contributed by atoms with Gasteiger partial charge in [-0.2, -0.15) is 0 Å². The molecule has 3 rings (SSSR count). The lowest BCUT2D eigenvalue weighted by Crippen LogP contribution is -2.35. The topological polar surface area (TPSA) is 41.1 Å². The second kappa shape index (κ2) is 7.34. The summed E-state index contributed by atoms with van der Waals surface area (Å²) in [5, 5.41) is 6.59. The number of benzene rings is 1. The van der Waals surface area contributed by atoms with Gasteiger partial charge in [-0.15, -0.1) is 24.2 Å². The Balaban J connectivity index is 0.00000147. The van der Waals surface area contributed by atoms with E-state index in [1.165, 1.54) is 16.9 Å². The average molecular weight is 313 g/mol. The second-order valence-corrected chi connectivity index (χ2v) is 6.43. The fraction of sp³-hybridized carbons (Fsp3) is 0.533. The van der Waals surface area contributed by atoms with Crippen LogP contribution < -0.4 is 10.6 Å². The first kappa shape index (κ1) is 15.7. The minimum Gasteiger partial charge on any atom is -0.349 e. The number of hydrogen-bond acceptors (Lipinski definition) is 3. The number of thioether (sulfide) groups is 1. The monoisotopic (exact) mass is 312 g/mol.